The van der Waals surface area contributed by atoms with E-state index in [0.717, 1.165) is 19.4 Å². The largest absolute Gasteiger partial charge is 0.326 e. The van der Waals surface area contributed by atoms with Crippen LogP contribution in [0, 0.1) is 0 Å². The minimum Gasteiger partial charge on any atom is -0.308 e. The number of amides is 2. The fourth-order valence-electron chi connectivity index (χ4n) is 2.32. The molecule has 1 heterocycles. The van der Waals surface area contributed by atoms with Crippen LogP contribution in [-0.4, -0.2) is 11.3 Å². The first-order chi connectivity index (χ1) is 11.8. The van der Waals surface area contributed by atoms with E-state index in [4.69, 9.17) is 4.52 Å². The molecule has 3 rings (SSSR count). The van der Waals surface area contributed by atoms with E-state index in [1.807, 2.05) is 48.5 Å². The third-order valence-corrected chi connectivity index (χ3v) is 3.47. The SMILES string of the molecule is O=C(Nc1ccccc1)Nc1c[n+](CCCc2ccccc2)no1. The number of aromatic nitrogens is 2. The van der Waals surface area contributed by atoms with Crippen LogP contribution in [0.15, 0.2) is 71.4 Å². The van der Waals surface area contributed by atoms with Crippen molar-refractivity contribution in [3.05, 3.63) is 72.4 Å². The normalized spacial score (nSPS) is 10.3. The molecule has 0 saturated carbocycles. The minimum absolute atomic E-state index is 0.308. The highest BCUT2D eigenvalue weighted by Crippen LogP contribution is 2.07. The summed E-state index contributed by atoms with van der Waals surface area (Å²) in [5, 5.41) is 9.24. The highest BCUT2D eigenvalue weighted by molar-refractivity contribution is 5.98. The Balaban J connectivity index is 1.46. The molecule has 0 atom stereocenters. The van der Waals surface area contributed by atoms with Crippen LogP contribution in [0.5, 0.6) is 0 Å². The molecule has 3 aromatic rings. The summed E-state index contributed by atoms with van der Waals surface area (Å²) in [6, 6.07) is 19.1. The molecule has 6 nitrogen and oxygen atoms in total. The van der Waals surface area contributed by atoms with Gasteiger partial charge in [-0.1, -0.05) is 53.2 Å². The van der Waals surface area contributed by atoms with Crippen LogP contribution in [0.3, 0.4) is 0 Å². The molecule has 0 bridgehead atoms. The number of carbonyl (C=O) groups excluding carboxylic acids is 1. The molecule has 24 heavy (non-hydrogen) atoms. The highest BCUT2D eigenvalue weighted by atomic mass is 16.5. The van der Waals surface area contributed by atoms with E-state index in [0.29, 0.717) is 11.6 Å². The van der Waals surface area contributed by atoms with Gasteiger partial charge in [-0.3, -0.25) is 9.84 Å². The van der Waals surface area contributed by atoms with Crippen molar-refractivity contribution in [3.63, 3.8) is 0 Å². The van der Waals surface area contributed by atoms with Gasteiger partial charge in [-0.25, -0.2) is 4.79 Å². The number of aryl methyl sites for hydroxylation is 2. The molecule has 2 N–H and O–H groups in total. The van der Waals surface area contributed by atoms with Gasteiger partial charge in [0.1, 0.15) is 0 Å². The van der Waals surface area contributed by atoms with E-state index in [9.17, 15) is 4.79 Å². The van der Waals surface area contributed by atoms with Gasteiger partial charge in [-0.05, 0) is 24.1 Å². The summed E-state index contributed by atoms with van der Waals surface area (Å²) in [6.07, 6.45) is 3.59. The number of benzene rings is 2. The average Bonchev–Trinajstić information content (AvgIpc) is 3.04. The number of nitrogens with one attached hydrogen (secondary N) is 2. The average molecular weight is 323 g/mol. The Morgan fingerprint density at radius 3 is 2.46 bits per heavy atom. The molecule has 0 unspecified atom stereocenters. The van der Waals surface area contributed by atoms with Crippen LogP contribution >= 0.6 is 0 Å². The number of hydrogen-bond donors (Lipinski definition) is 2. The molecule has 0 radical (unpaired) electrons. The van der Waals surface area contributed by atoms with Crippen LogP contribution < -0.4 is 15.3 Å². The number of rotatable bonds is 6. The molecular formula is C18H19N4O2+. The van der Waals surface area contributed by atoms with Crippen molar-refractivity contribution in [1.29, 1.82) is 0 Å². The summed E-state index contributed by atoms with van der Waals surface area (Å²) in [6.45, 7) is 0.723. The van der Waals surface area contributed by atoms with Crippen LogP contribution in [0.1, 0.15) is 12.0 Å². The summed E-state index contributed by atoms with van der Waals surface area (Å²) >= 11 is 0. The van der Waals surface area contributed by atoms with Gasteiger partial charge >= 0.3 is 11.9 Å². The van der Waals surface area contributed by atoms with Gasteiger partial charge in [-0.15, -0.1) is 0 Å². The van der Waals surface area contributed by atoms with Crippen molar-refractivity contribution in [1.82, 2.24) is 5.27 Å². The van der Waals surface area contributed by atoms with Crippen LogP contribution in [0.2, 0.25) is 0 Å². The molecule has 0 aliphatic rings. The van der Waals surface area contributed by atoms with Gasteiger partial charge in [0.25, 0.3) is 6.20 Å². The van der Waals surface area contributed by atoms with Crippen LogP contribution in [-0.2, 0) is 13.0 Å². The minimum atomic E-state index is -0.367. The number of anilines is 2. The topological polar surface area (TPSA) is 71.0 Å². The van der Waals surface area contributed by atoms with E-state index in [1.165, 1.54) is 5.56 Å². The van der Waals surface area contributed by atoms with Gasteiger partial charge in [0.15, 0.2) is 6.54 Å². The fourth-order valence-corrected chi connectivity index (χ4v) is 2.32. The van der Waals surface area contributed by atoms with Crippen molar-refractivity contribution in [2.45, 2.75) is 19.4 Å². The van der Waals surface area contributed by atoms with Crippen LogP contribution in [0.4, 0.5) is 16.4 Å². The maximum Gasteiger partial charge on any atom is 0.326 e. The first-order valence-electron chi connectivity index (χ1n) is 7.83. The molecule has 6 heteroatoms. The van der Waals surface area contributed by atoms with E-state index >= 15 is 0 Å². The lowest BCUT2D eigenvalue weighted by atomic mass is 10.1. The van der Waals surface area contributed by atoms with E-state index in [1.54, 1.807) is 10.9 Å². The zero-order valence-corrected chi connectivity index (χ0v) is 13.2. The summed E-state index contributed by atoms with van der Waals surface area (Å²) in [4.78, 5) is 11.9. The molecule has 2 aromatic carbocycles. The molecule has 0 spiro atoms. The molecular weight excluding hydrogens is 304 g/mol. The molecule has 0 saturated heterocycles. The van der Waals surface area contributed by atoms with E-state index < -0.39 is 0 Å². The number of carbonyl (C=O) groups is 1. The van der Waals surface area contributed by atoms with Crippen molar-refractivity contribution in [2.75, 3.05) is 10.6 Å². The molecule has 2 amide bonds. The van der Waals surface area contributed by atoms with Crippen molar-refractivity contribution >= 4 is 17.6 Å². The van der Waals surface area contributed by atoms with Crippen molar-refractivity contribution < 1.29 is 14.0 Å². The first kappa shape index (κ1) is 15.7. The molecule has 1 aromatic heterocycles. The Kier molecular flexibility index (Phi) is 5.19. The maximum absolute atomic E-state index is 11.9. The Morgan fingerprint density at radius 1 is 1.00 bits per heavy atom. The fraction of sp³-hybridized carbons (Fsp3) is 0.167. The molecule has 122 valence electrons. The lowest BCUT2D eigenvalue weighted by Crippen LogP contribution is -2.34. The summed E-state index contributed by atoms with van der Waals surface area (Å²) in [7, 11) is 0. The lowest BCUT2D eigenvalue weighted by Gasteiger charge is -2.02. The number of hydrogen-bond acceptors (Lipinski definition) is 3. The smallest absolute Gasteiger partial charge is 0.308 e. The van der Waals surface area contributed by atoms with E-state index in [2.05, 4.69) is 28.0 Å². The first-order valence-corrected chi connectivity index (χ1v) is 7.83. The standard InChI is InChI=1S/C18H18N4O2/c23-18(19-16-11-5-2-6-12-16)20-17-14-22(21-24-17)13-7-10-15-8-3-1-4-9-15/h1-6,8-9,11-12,14H,7,10,13H2,(H-,19,20,21,23)/p+1. The lowest BCUT2D eigenvalue weighted by molar-refractivity contribution is -0.762. The zero-order valence-electron chi connectivity index (χ0n) is 13.2. The third-order valence-electron chi connectivity index (χ3n) is 3.47. The Morgan fingerprint density at radius 2 is 1.71 bits per heavy atom. The predicted molar refractivity (Wildman–Crippen MR) is 90.5 cm³/mol. The Hall–Kier alpha value is -3.15. The predicted octanol–water partition coefficient (Wildman–Crippen LogP) is 3.24. The number of para-hydroxylation sites is 1. The third kappa shape index (κ3) is 4.67. The van der Waals surface area contributed by atoms with Gasteiger partial charge in [0.05, 0.1) is 0 Å². The van der Waals surface area contributed by atoms with E-state index in [-0.39, 0.29) is 6.03 Å². The Bertz CT molecular complexity index is 772. The van der Waals surface area contributed by atoms with Gasteiger partial charge < -0.3 is 5.32 Å². The summed E-state index contributed by atoms with van der Waals surface area (Å²) < 4.78 is 6.80. The second kappa shape index (κ2) is 7.92. The zero-order chi connectivity index (χ0) is 16.6. The van der Waals surface area contributed by atoms with Crippen molar-refractivity contribution in [3.8, 4) is 0 Å². The van der Waals surface area contributed by atoms with Gasteiger partial charge in [0.2, 0.25) is 5.27 Å². The van der Waals surface area contributed by atoms with Crippen molar-refractivity contribution in [2.24, 2.45) is 0 Å². The number of urea groups is 1. The Labute approximate surface area is 140 Å². The van der Waals surface area contributed by atoms with Gasteiger partial charge in [-0.2, -0.15) is 0 Å². The highest BCUT2D eigenvalue weighted by Gasteiger charge is 2.13. The maximum atomic E-state index is 11.9. The second-order valence-electron chi connectivity index (χ2n) is 5.36. The second-order valence-corrected chi connectivity index (χ2v) is 5.36. The van der Waals surface area contributed by atoms with Crippen LogP contribution in [0.25, 0.3) is 0 Å². The molecule has 0 aliphatic heterocycles. The summed E-state index contributed by atoms with van der Waals surface area (Å²) in [5.74, 6) is 0.308. The summed E-state index contributed by atoms with van der Waals surface area (Å²) in [5.41, 5.74) is 2.01. The monoisotopic (exact) mass is 323 g/mol. The molecule has 0 aliphatic carbocycles. The quantitative estimate of drug-likeness (QED) is 0.684. The van der Waals surface area contributed by atoms with Gasteiger partial charge in [0, 0.05) is 12.1 Å². The number of nitrogens with zero attached hydrogens (tertiary/aromatic N) is 2. The molecule has 0 fully saturated rings.